The summed E-state index contributed by atoms with van der Waals surface area (Å²) >= 11 is 0. The highest BCUT2D eigenvalue weighted by atomic mass is 16.7. The van der Waals surface area contributed by atoms with E-state index in [9.17, 15) is 4.79 Å². The van der Waals surface area contributed by atoms with Crippen molar-refractivity contribution in [3.63, 3.8) is 0 Å². The number of rotatable bonds is 2. The highest BCUT2D eigenvalue weighted by Crippen LogP contribution is 2.43. The molecule has 1 atom stereocenters. The normalized spacial score (nSPS) is 20.7. The number of aromatic amines is 1. The van der Waals surface area contributed by atoms with Crippen molar-refractivity contribution in [2.45, 2.75) is 25.3 Å². The molecule has 1 saturated heterocycles. The second-order valence-corrected chi connectivity index (χ2v) is 7.25. The van der Waals surface area contributed by atoms with Crippen molar-refractivity contribution in [2.75, 3.05) is 11.7 Å². The van der Waals surface area contributed by atoms with Crippen LogP contribution in [0.3, 0.4) is 0 Å². The van der Waals surface area contributed by atoms with E-state index in [1.54, 1.807) is 11.0 Å². The van der Waals surface area contributed by atoms with Gasteiger partial charge >= 0.3 is 0 Å². The summed E-state index contributed by atoms with van der Waals surface area (Å²) < 4.78 is 10.8. The quantitative estimate of drug-likeness (QED) is 0.730. The van der Waals surface area contributed by atoms with Gasteiger partial charge in [-0.2, -0.15) is 0 Å². The van der Waals surface area contributed by atoms with Gasteiger partial charge in [0, 0.05) is 11.8 Å². The molecule has 2 aliphatic rings. The van der Waals surface area contributed by atoms with Gasteiger partial charge in [0.2, 0.25) is 6.79 Å². The summed E-state index contributed by atoms with van der Waals surface area (Å²) in [4.78, 5) is 22.7. The first-order valence-corrected chi connectivity index (χ1v) is 8.74. The van der Waals surface area contributed by atoms with Crippen molar-refractivity contribution in [1.29, 1.82) is 5.41 Å². The number of amidine groups is 1. The molecular formula is C20H18N4O3. The van der Waals surface area contributed by atoms with Crippen molar-refractivity contribution < 1.29 is 14.3 Å². The minimum absolute atomic E-state index is 0.0655. The predicted octanol–water partition coefficient (Wildman–Crippen LogP) is 3.22. The van der Waals surface area contributed by atoms with Crippen LogP contribution in [-0.2, 0) is 4.79 Å². The van der Waals surface area contributed by atoms with Gasteiger partial charge in [0.15, 0.2) is 17.3 Å². The first kappa shape index (κ1) is 15.9. The third-order valence-electron chi connectivity index (χ3n) is 5.23. The average molecular weight is 362 g/mol. The number of carbonyl (C=O) groups is 1. The summed E-state index contributed by atoms with van der Waals surface area (Å²) in [6.07, 6.45) is 0. The van der Waals surface area contributed by atoms with E-state index < -0.39 is 11.5 Å². The van der Waals surface area contributed by atoms with E-state index in [-0.39, 0.29) is 18.4 Å². The number of carbonyl (C=O) groups excluding carboxylic acids is 1. The van der Waals surface area contributed by atoms with Gasteiger partial charge in [-0.25, -0.2) is 4.98 Å². The Morgan fingerprint density at radius 3 is 2.78 bits per heavy atom. The van der Waals surface area contributed by atoms with E-state index in [1.165, 1.54) is 0 Å². The fraction of sp³-hybridized carbons (Fsp3) is 0.250. The molecule has 2 aromatic carbocycles. The monoisotopic (exact) mass is 362 g/mol. The van der Waals surface area contributed by atoms with Crippen molar-refractivity contribution >= 4 is 28.3 Å². The van der Waals surface area contributed by atoms with E-state index in [0.29, 0.717) is 17.3 Å². The first-order chi connectivity index (χ1) is 13.0. The van der Waals surface area contributed by atoms with Crippen molar-refractivity contribution in [1.82, 2.24) is 9.97 Å². The zero-order chi connectivity index (χ0) is 18.8. The molecular weight excluding hydrogens is 344 g/mol. The summed E-state index contributed by atoms with van der Waals surface area (Å²) in [6, 6.07) is 13.1. The third kappa shape index (κ3) is 2.17. The summed E-state index contributed by atoms with van der Waals surface area (Å²) in [7, 11) is 0. The smallest absolute Gasteiger partial charge is 0.231 e. The van der Waals surface area contributed by atoms with Crippen LogP contribution in [-0.4, -0.2) is 33.9 Å². The molecule has 0 saturated carbocycles. The number of fused-ring (bicyclic) bond motifs is 2. The summed E-state index contributed by atoms with van der Waals surface area (Å²) in [5, 5.41) is 8.77. The molecule has 0 amide bonds. The highest BCUT2D eigenvalue weighted by Gasteiger charge is 2.53. The maximum atomic E-state index is 13.2. The van der Waals surface area contributed by atoms with Crippen molar-refractivity contribution in [3.8, 4) is 11.5 Å². The molecule has 2 N–H and O–H groups in total. The number of aromatic nitrogens is 2. The van der Waals surface area contributed by atoms with Gasteiger partial charge in [-0.15, -0.1) is 0 Å². The number of benzene rings is 2. The maximum absolute atomic E-state index is 13.2. The zero-order valence-corrected chi connectivity index (χ0v) is 14.9. The molecule has 7 heteroatoms. The number of H-pyrrole nitrogens is 1. The number of Topliss-reactive ketones (excluding diaryl/α,β-unsaturated/α-hetero) is 1. The molecule has 1 unspecified atom stereocenters. The number of nitrogens with one attached hydrogen (secondary N) is 2. The molecule has 0 aliphatic carbocycles. The Balaban J connectivity index is 1.59. The van der Waals surface area contributed by atoms with Gasteiger partial charge in [-0.1, -0.05) is 12.1 Å². The van der Waals surface area contributed by atoms with Crippen LogP contribution in [0.5, 0.6) is 11.5 Å². The van der Waals surface area contributed by atoms with Crippen LogP contribution in [0, 0.1) is 5.41 Å². The maximum Gasteiger partial charge on any atom is 0.231 e. The standard InChI is InChI=1S/C20H18N4O3/c1-20(2)17(25)16(19-22-12-5-3-4-6-13(12)23-19)18(21)24(20)11-7-8-14-15(9-11)27-10-26-14/h3-9,16,21H,10H2,1-2H3,(H,22,23). The number of hydrogen-bond donors (Lipinski definition) is 2. The van der Waals surface area contributed by atoms with Crippen molar-refractivity contribution in [2.24, 2.45) is 0 Å². The number of nitrogens with zero attached hydrogens (tertiary/aromatic N) is 2. The largest absolute Gasteiger partial charge is 0.454 e. The second-order valence-electron chi connectivity index (χ2n) is 7.25. The summed E-state index contributed by atoms with van der Waals surface area (Å²) in [5.41, 5.74) is 1.48. The number of ether oxygens (including phenoxy) is 2. The Morgan fingerprint density at radius 2 is 1.96 bits per heavy atom. The molecule has 0 spiro atoms. The van der Waals surface area contributed by atoms with E-state index >= 15 is 0 Å². The second kappa shape index (κ2) is 5.33. The van der Waals surface area contributed by atoms with E-state index in [0.717, 1.165) is 16.7 Å². The molecule has 1 aromatic heterocycles. The Bertz CT molecular complexity index is 1070. The lowest BCUT2D eigenvalue weighted by molar-refractivity contribution is -0.121. The highest BCUT2D eigenvalue weighted by molar-refractivity contribution is 6.25. The lowest BCUT2D eigenvalue weighted by Gasteiger charge is -2.31. The fourth-order valence-corrected chi connectivity index (χ4v) is 3.87. The van der Waals surface area contributed by atoms with Crippen molar-refractivity contribution in [3.05, 3.63) is 48.3 Å². The number of hydrogen-bond acceptors (Lipinski definition) is 5. The molecule has 2 aliphatic heterocycles. The number of anilines is 1. The number of imidazole rings is 1. The van der Waals surface area contributed by atoms with Crippen LogP contribution in [0.4, 0.5) is 5.69 Å². The Labute approximate surface area is 155 Å². The molecule has 5 rings (SSSR count). The zero-order valence-electron chi connectivity index (χ0n) is 14.9. The first-order valence-electron chi connectivity index (χ1n) is 8.74. The summed E-state index contributed by atoms with van der Waals surface area (Å²) in [5.74, 6) is 1.19. The van der Waals surface area contributed by atoms with Crippen LogP contribution in [0.1, 0.15) is 25.6 Å². The average Bonchev–Trinajstić information content (AvgIpc) is 3.30. The SMILES string of the molecule is CC1(C)C(=O)C(c2nc3ccccc3[nH]2)C(=N)N1c1ccc2c(c1)OCO2. The Hall–Kier alpha value is -3.35. The van der Waals surface area contributed by atoms with Crippen LogP contribution in [0.25, 0.3) is 11.0 Å². The van der Waals surface area contributed by atoms with E-state index in [2.05, 4.69) is 9.97 Å². The fourth-order valence-electron chi connectivity index (χ4n) is 3.87. The topological polar surface area (TPSA) is 91.3 Å². The van der Waals surface area contributed by atoms with Gasteiger partial charge in [0.1, 0.15) is 23.1 Å². The molecule has 0 bridgehead atoms. The third-order valence-corrected chi connectivity index (χ3v) is 5.23. The van der Waals surface area contributed by atoms with Gasteiger partial charge in [-0.3, -0.25) is 10.2 Å². The molecule has 1 fully saturated rings. The lowest BCUT2D eigenvalue weighted by atomic mass is 9.93. The molecule has 3 heterocycles. The number of para-hydroxylation sites is 2. The summed E-state index contributed by atoms with van der Waals surface area (Å²) in [6.45, 7) is 3.84. The van der Waals surface area contributed by atoms with Gasteiger partial charge in [0.05, 0.1) is 11.0 Å². The van der Waals surface area contributed by atoms with Crippen LogP contribution in [0.2, 0.25) is 0 Å². The molecule has 0 radical (unpaired) electrons. The molecule has 3 aromatic rings. The Kier molecular flexibility index (Phi) is 3.13. The predicted molar refractivity (Wildman–Crippen MR) is 101 cm³/mol. The minimum Gasteiger partial charge on any atom is -0.454 e. The molecule has 27 heavy (non-hydrogen) atoms. The van der Waals surface area contributed by atoms with Gasteiger partial charge in [-0.05, 0) is 38.1 Å². The van der Waals surface area contributed by atoms with Crippen LogP contribution in [0.15, 0.2) is 42.5 Å². The molecule has 7 nitrogen and oxygen atoms in total. The van der Waals surface area contributed by atoms with Crippen LogP contribution >= 0.6 is 0 Å². The number of ketones is 1. The molecule has 136 valence electrons. The van der Waals surface area contributed by atoms with E-state index in [1.807, 2.05) is 50.2 Å². The van der Waals surface area contributed by atoms with Crippen LogP contribution < -0.4 is 14.4 Å². The van der Waals surface area contributed by atoms with E-state index in [4.69, 9.17) is 14.9 Å². The Morgan fingerprint density at radius 1 is 1.19 bits per heavy atom. The minimum atomic E-state index is -0.881. The van der Waals surface area contributed by atoms with Gasteiger partial charge < -0.3 is 19.4 Å². The van der Waals surface area contributed by atoms with Gasteiger partial charge in [0.25, 0.3) is 0 Å². The lowest BCUT2D eigenvalue weighted by Crippen LogP contribution is -2.44.